The number of fused-ring (bicyclic) bond motifs is 9. The van der Waals surface area contributed by atoms with Crippen LogP contribution in [0.1, 0.15) is 33.9 Å². The van der Waals surface area contributed by atoms with Crippen molar-refractivity contribution in [1.82, 2.24) is 14.5 Å². The van der Waals surface area contributed by atoms with Gasteiger partial charge in [-0.3, -0.25) is 9.97 Å². The van der Waals surface area contributed by atoms with Gasteiger partial charge in [0.1, 0.15) is 0 Å². The number of rotatable bonds is 4. The van der Waals surface area contributed by atoms with E-state index >= 15 is 0 Å². The summed E-state index contributed by atoms with van der Waals surface area (Å²) in [6.07, 6.45) is 4.87. The zero-order valence-corrected chi connectivity index (χ0v) is 27.8. The molecule has 1 atom stereocenters. The van der Waals surface area contributed by atoms with Gasteiger partial charge in [-0.1, -0.05) is 109 Å². The minimum absolute atomic E-state index is 0.248. The molecule has 0 saturated heterocycles. The van der Waals surface area contributed by atoms with Crippen LogP contribution in [-0.2, 0) is 6.42 Å². The van der Waals surface area contributed by atoms with Gasteiger partial charge < -0.3 is 4.57 Å². The second-order valence-corrected chi connectivity index (χ2v) is 13.8. The van der Waals surface area contributed by atoms with Crippen molar-refractivity contribution in [2.75, 3.05) is 0 Å². The Morgan fingerprint density at radius 3 is 2.04 bits per heavy atom. The van der Waals surface area contributed by atoms with E-state index in [1.807, 2.05) is 12.4 Å². The third-order valence-electron chi connectivity index (χ3n) is 11.0. The minimum Gasteiger partial charge on any atom is -0.309 e. The first-order chi connectivity index (χ1) is 25.3. The smallest absolute Gasteiger partial charge is 0.0757 e. The van der Waals surface area contributed by atoms with E-state index in [-0.39, 0.29) is 5.92 Å². The molecule has 0 fully saturated rings. The number of pyridine rings is 2. The molecule has 0 N–H and O–H groups in total. The highest BCUT2D eigenvalue weighted by Gasteiger charge is 2.30. The van der Waals surface area contributed by atoms with Crippen LogP contribution in [0.25, 0.3) is 72.1 Å². The predicted octanol–water partition coefficient (Wildman–Crippen LogP) is 11.6. The van der Waals surface area contributed by atoms with Gasteiger partial charge in [-0.05, 0) is 93.0 Å². The van der Waals surface area contributed by atoms with E-state index in [1.54, 1.807) is 0 Å². The molecule has 238 valence electrons. The Kier molecular flexibility index (Phi) is 6.08. The van der Waals surface area contributed by atoms with Crippen LogP contribution >= 0.6 is 0 Å². The molecule has 3 aromatic heterocycles. The maximum atomic E-state index is 5.09. The van der Waals surface area contributed by atoms with Crippen LogP contribution in [0.4, 0.5) is 0 Å². The lowest BCUT2D eigenvalue weighted by Gasteiger charge is -2.14. The highest BCUT2D eigenvalue weighted by atomic mass is 15.0. The summed E-state index contributed by atoms with van der Waals surface area (Å²) >= 11 is 0. The van der Waals surface area contributed by atoms with Crippen LogP contribution < -0.4 is 0 Å². The first kappa shape index (κ1) is 28.3. The van der Waals surface area contributed by atoms with E-state index < -0.39 is 0 Å². The SMILES string of the molecule is c1ccc(C2c3ccccc3-c3cc(-c4cnc5c(c4)-c4ncc(-c6ccc7c(c6)c6ccccc6n7-c6ccccc6)cc4C5)ccc32)cc1. The van der Waals surface area contributed by atoms with E-state index in [1.165, 1.54) is 72.0 Å². The summed E-state index contributed by atoms with van der Waals surface area (Å²) in [4.78, 5) is 10.1. The molecule has 0 saturated carbocycles. The Morgan fingerprint density at radius 2 is 1.14 bits per heavy atom. The summed E-state index contributed by atoms with van der Waals surface area (Å²) in [7, 11) is 0. The van der Waals surface area contributed by atoms with Crippen LogP contribution in [0.3, 0.4) is 0 Å². The molecular weight excluding hydrogens is 619 g/mol. The third-order valence-corrected chi connectivity index (χ3v) is 11.0. The van der Waals surface area contributed by atoms with Crippen molar-refractivity contribution in [3.63, 3.8) is 0 Å². The maximum Gasteiger partial charge on any atom is 0.0757 e. The van der Waals surface area contributed by atoms with Crippen molar-refractivity contribution in [2.45, 2.75) is 12.3 Å². The molecule has 3 heterocycles. The van der Waals surface area contributed by atoms with E-state index in [2.05, 4.69) is 162 Å². The molecule has 11 rings (SSSR count). The van der Waals surface area contributed by atoms with E-state index in [9.17, 15) is 0 Å². The number of para-hydroxylation sites is 2. The Balaban J connectivity index is 0.959. The zero-order valence-electron chi connectivity index (χ0n) is 27.8. The normalized spacial score (nSPS) is 14.0. The molecule has 1 unspecified atom stereocenters. The number of hydrogen-bond donors (Lipinski definition) is 0. The topological polar surface area (TPSA) is 30.7 Å². The lowest BCUT2D eigenvalue weighted by Crippen LogP contribution is -1.98. The van der Waals surface area contributed by atoms with Gasteiger partial charge in [0.25, 0.3) is 0 Å². The molecule has 51 heavy (non-hydrogen) atoms. The molecule has 3 nitrogen and oxygen atoms in total. The van der Waals surface area contributed by atoms with Crippen LogP contribution in [0.5, 0.6) is 0 Å². The lowest BCUT2D eigenvalue weighted by molar-refractivity contribution is 1.02. The van der Waals surface area contributed by atoms with Crippen LogP contribution in [0.2, 0.25) is 0 Å². The highest BCUT2D eigenvalue weighted by Crippen LogP contribution is 2.49. The van der Waals surface area contributed by atoms with Gasteiger partial charge in [-0.25, -0.2) is 0 Å². The number of nitrogens with zero attached hydrogens (tertiary/aromatic N) is 3. The summed E-state index contributed by atoms with van der Waals surface area (Å²) in [5.74, 6) is 0.248. The van der Waals surface area contributed by atoms with Crippen molar-refractivity contribution in [3.8, 4) is 50.3 Å². The molecule has 0 bridgehead atoms. The molecule has 3 heteroatoms. The lowest BCUT2D eigenvalue weighted by atomic mass is 9.89. The zero-order chi connectivity index (χ0) is 33.5. The number of hydrogen-bond acceptors (Lipinski definition) is 2. The van der Waals surface area contributed by atoms with E-state index in [4.69, 9.17) is 9.97 Å². The first-order valence-corrected chi connectivity index (χ1v) is 17.6. The molecule has 0 spiro atoms. The van der Waals surface area contributed by atoms with Crippen molar-refractivity contribution in [1.29, 1.82) is 0 Å². The Hall–Kier alpha value is -6.58. The van der Waals surface area contributed by atoms with Gasteiger partial charge in [0.15, 0.2) is 0 Å². The molecular formula is C48H31N3. The highest BCUT2D eigenvalue weighted by molar-refractivity contribution is 6.10. The van der Waals surface area contributed by atoms with Gasteiger partial charge in [0.2, 0.25) is 0 Å². The molecule has 0 amide bonds. The average molecular weight is 650 g/mol. The average Bonchev–Trinajstić information content (AvgIpc) is 3.85. The van der Waals surface area contributed by atoms with Gasteiger partial charge in [-0.2, -0.15) is 0 Å². The Bertz CT molecular complexity index is 2830. The molecule has 6 aromatic carbocycles. The second kappa shape index (κ2) is 11.0. The van der Waals surface area contributed by atoms with Gasteiger partial charge in [0, 0.05) is 57.9 Å². The van der Waals surface area contributed by atoms with Crippen LogP contribution in [0, 0.1) is 0 Å². The predicted molar refractivity (Wildman–Crippen MR) is 208 cm³/mol. The van der Waals surface area contributed by atoms with E-state index in [0.29, 0.717) is 0 Å². The maximum absolute atomic E-state index is 5.09. The summed E-state index contributed by atoms with van der Waals surface area (Å²) in [6.45, 7) is 0. The van der Waals surface area contributed by atoms with Gasteiger partial charge in [0.05, 0.1) is 22.4 Å². The minimum atomic E-state index is 0.248. The Labute approximate surface area is 296 Å². The summed E-state index contributed by atoms with van der Waals surface area (Å²) < 4.78 is 2.36. The largest absolute Gasteiger partial charge is 0.309 e. The van der Waals surface area contributed by atoms with Crippen molar-refractivity contribution < 1.29 is 0 Å². The standard InChI is InChI=1S/C48H31N3/c1-3-11-30(12-4-1)47-39-17-8-7-15-37(39)41-24-31(19-21-40(41)47)35-26-43-44(49-28-35)27-33-23-34(29-50-48(33)43)32-20-22-46-42(25-32)38-16-9-10-18-45(38)51(46)36-13-5-2-6-14-36/h1-26,28-29,47H,27H2. The third kappa shape index (κ3) is 4.31. The van der Waals surface area contributed by atoms with Gasteiger partial charge in [-0.15, -0.1) is 0 Å². The van der Waals surface area contributed by atoms with Gasteiger partial charge >= 0.3 is 0 Å². The van der Waals surface area contributed by atoms with Crippen LogP contribution in [-0.4, -0.2) is 14.5 Å². The number of benzene rings is 6. The second-order valence-electron chi connectivity index (χ2n) is 13.8. The van der Waals surface area contributed by atoms with Crippen LogP contribution in [0.15, 0.2) is 170 Å². The molecule has 2 aliphatic carbocycles. The summed E-state index contributed by atoms with van der Waals surface area (Å²) in [5, 5.41) is 2.50. The Morgan fingerprint density at radius 1 is 0.471 bits per heavy atom. The molecule has 2 aliphatic rings. The van der Waals surface area contributed by atoms with Crippen molar-refractivity contribution in [2.24, 2.45) is 0 Å². The monoisotopic (exact) mass is 649 g/mol. The fraction of sp³-hybridized carbons (Fsp3) is 0.0417. The van der Waals surface area contributed by atoms with E-state index in [0.717, 1.165) is 34.5 Å². The summed E-state index contributed by atoms with van der Waals surface area (Å²) in [5.41, 5.74) is 19.4. The van der Waals surface area contributed by atoms with Crippen molar-refractivity contribution in [3.05, 3.63) is 198 Å². The molecule has 0 aliphatic heterocycles. The first-order valence-electron chi connectivity index (χ1n) is 17.6. The summed E-state index contributed by atoms with van der Waals surface area (Å²) in [6, 6.07) is 57.4. The molecule has 0 radical (unpaired) electrons. The number of aromatic nitrogens is 3. The van der Waals surface area contributed by atoms with Crippen molar-refractivity contribution >= 4 is 21.8 Å². The quantitative estimate of drug-likeness (QED) is 0.190. The fourth-order valence-corrected chi connectivity index (χ4v) is 8.62. The fourth-order valence-electron chi connectivity index (χ4n) is 8.62. The molecule has 9 aromatic rings.